The fraction of sp³-hybridized carbons (Fsp3) is 0.273. The Morgan fingerprint density at radius 3 is 2.18 bits per heavy atom. The van der Waals surface area contributed by atoms with Gasteiger partial charge in [-0.15, -0.1) is 0 Å². The first kappa shape index (κ1) is 20.1. The Bertz CT molecular complexity index is 946. The molecule has 0 bridgehead atoms. The van der Waals surface area contributed by atoms with Crippen molar-refractivity contribution in [2.24, 2.45) is 5.92 Å². The molecule has 146 valence electrons. The van der Waals surface area contributed by atoms with Crippen molar-refractivity contribution in [1.29, 1.82) is 0 Å². The first-order valence-electron chi connectivity index (χ1n) is 9.21. The number of halogens is 1. The summed E-state index contributed by atoms with van der Waals surface area (Å²) in [5, 5.41) is 0.953. The first-order chi connectivity index (χ1) is 13.6. The van der Waals surface area contributed by atoms with Crippen LogP contribution in [-0.2, 0) is 19.1 Å². The highest BCUT2D eigenvalue weighted by Gasteiger charge is 2.40. The van der Waals surface area contributed by atoms with Crippen molar-refractivity contribution in [3.8, 4) is 0 Å². The molecule has 1 atom stereocenters. The third kappa shape index (κ3) is 4.12. The van der Waals surface area contributed by atoms with Gasteiger partial charge in [-0.25, -0.2) is 0 Å². The van der Waals surface area contributed by atoms with Gasteiger partial charge in [-0.05, 0) is 43.2 Å². The van der Waals surface area contributed by atoms with Crippen LogP contribution in [0.4, 0.5) is 0 Å². The van der Waals surface area contributed by atoms with Crippen molar-refractivity contribution in [2.75, 3.05) is 13.2 Å². The second-order valence-corrected chi connectivity index (χ2v) is 7.22. The summed E-state index contributed by atoms with van der Waals surface area (Å²) in [4.78, 5) is 28.9. The van der Waals surface area contributed by atoms with E-state index in [0.29, 0.717) is 0 Å². The van der Waals surface area contributed by atoms with Crippen LogP contribution in [0.5, 0.6) is 0 Å². The van der Waals surface area contributed by atoms with Crippen LogP contribution >= 0.6 is 15.9 Å². The number of para-hydroxylation sites is 1. The van der Waals surface area contributed by atoms with E-state index in [1.807, 2.05) is 54.7 Å². The van der Waals surface area contributed by atoms with Crippen molar-refractivity contribution in [2.45, 2.75) is 19.8 Å². The molecule has 3 aromatic rings. The van der Waals surface area contributed by atoms with Crippen LogP contribution in [0.15, 0.2) is 59.2 Å². The second-order valence-electron chi connectivity index (χ2n) is 6.30. The molecule has 3 rings (SSSR count). The molecule has 6 heteroatoms. The van der Waals surface area contributed by atoms with Gasteiger partial charge in [0.1, 0.15) is 0 Å². The number of nitrogens with one attached hydrogen (secondary N) is 1. The molecular formula is C22H22BrNO4. The standard InChI is InChI=1S/C22H22BrNO4/c1-3-27-21(25)20(22(26)28-4-2)19(14-9-11-15(23)12-10-14)17-13-24-18-8-6-5-7-16(17)18/h5-13,19-20,24H,3-4H2,1-2H3. The predicted octanol–water partition coefficient (Wildman–Crippen LogP) is 4.80. The number of carbonyl (C=O) groups excluding carboxylic acids is 2. The molecule has 0 aliphatic carbocycles. The van der Waals surface area contributed by atoms with Gasteiger partial charge in [0.15, 0.2) is 5.92 Å². The Kier molecular flexibility index (Phi) is 6.52. The second kappa shape index (κ2) is 9.06. The summed E-state index contributed by atoms with van der Waals surface area (Å²) in [6, 6.07) is 15.4. The summed E-state index contributed by atoms with van der Waals surface area (Å²) in [5.41, 5.74) is 2.62. The number of aromatic nitrogens is 1. The quantitative estimate of drug-likeness (QED) is 0.420. The lowest BCUT2D eigenvalue weighted by molar-refractivity contribution is -0.162. The van der Waals surface area contributed by atoms with E-state index in [1.165, 1.54) is 0 Å². The lowest BCUT2D eigenvalue weighted by Crippen LogP contribution is -2.34. The van der Waals surface area contributed by atoms with Gasteiger partial charge in [0.05, 0.1) is 13.2 Å². The van der Waals surface area contributed by atoms with Gasteiger partial charge in [-0.3, -0.25) is 9.59 Å². The smallest absolute Gasteiger partial charge is 0.321 e. The largest absolute Gasteiger partial charge is 0.465 e. The summed E-state index contributed by atoms with van der Waals surface area (Å²) in [7, 11) is 0. The zero-order valence-electron chi connectivity index (χ0n) is 15.8. The highest BCUT2D eigenvalue weighted by Crippen LogP contribution is 2.38. The Hall–Kier alpha value is -2.60. The minimum atomic E-state index is -1.10. The average Bonchev–Trinajstić information content (AvgIpc) is 3.11. The van der Waals surface area contributed by atoms with Crippen molar-refractivity contribution in [1.82, 2.24) is 4.98 Å². The van der Waals surface area contributed by atoms with E-state index in [9.17, 15) is 9.59 Å². The van der Waals surface area contributed by atoms with E-state index >= 15 is 0 Å². The van der Waals surface area contributed by atoms with Gasteiger partial charge < -0.3 is 14.5 Å². The summed E-state index contributed by atoms with van der Waals surface area (Å²) in [6.07, 6.45) is 1.85. The normalized spacial score (nSPS) is 12.1. The van der Waals surface area contributed by atoms with E-state index in [1.54, 1.807) is 13.8 Å². The maximum atomic E-state index is 12.8. The number of carbonyl (C=O) groups is 2. The average molecular weight is 444 g/mol. The van der Waals surface area contributed by atoms with Gasteiger partial charge in [-0.1, -0.05) is 46.3 Å². The summed E-state index contributed by atoms with van der Waals surface area (Å²) in [6.45, 7) is 3.83. The fourth-order valence-electron chi connectivity index (χ4n) is 3.41. The maximum Gasteiger partial charge on any atom is 0.321 e. The zero-order valence-corrected chi connectivity index (χ0v) is 17.4. The number of benzene rings is 2. The van der Waals surface area contributed by atoms with Crippen LogP contribution < -0.4 is 0 Å². The number of aromatic amines is 1. The number of fused-ring (bicyclic) bond motifs is 1. The van der Waals surface area contributed by atoms with E-state index in [-0.39, 0.29) is 13.2 Å². The Morgan fingerprint density at radius 2 is 1.57 bits per heavy atom. The van der Waals surface area contributed by atoms with Crippen LogP contribution in [0.1, 0.15) is 30.9 Å². The Balaban J connectivity index is 2.19. The third-order valence-corrected chi connectivity index (χ3v) is 5.13. The summed E-state index contributed by atoms with van der Waals surface area (Å²) < 4.78 is 11.4. The molecule has 1 N–H and O–H groups in total. The van der Waals surface area contributed by atoms with Crippen LogP contribution in [0.25, 0.3) is 10.9 Å². The molecule has 0 aliphatic heterocycles. The molecule has 0 amide bonds. The van der Waals surface area contributed by atoms with Gasteiger partial charge in [-0.2, -0.15) is 0 Å². The Morgan fingerprint density at radius 1 is 0.964 bits per heavy atom. The number of ether oxygens (including phenoxy) is 2. The molecule has 5 nitrogen and oxygen atoms in total. The minimum Gasteiger partial charge on any atom is -0.465 e. The van der Waals surface area contributed by atoms with E-state index < -0.39 is 23.8 Å². The van der Waals surface area contributed by atoms with Gasteiger partial charge >= 0.3 is 11.9 Å². The van der Waals surface area contributed by atoms with E-state index in [4.69, 9.17) is 9.47 Å². The summed E-state index contributed by atoms with van der Waals surface area (Å²) in [5.74, 6) is -2.80. The van der Waals surface area contributed by atoms with Gasteiger partial charge in [0, 0.05) is 27.5 Å². The molecule has 1 heterocycles. The van der Waals surface area contributed by atoms with Crippen LogP contribution in [0.2, 0.25) is 0 Å². The number of hydrogen-bond acceptors (Lipinski definition) is 4. The van der Waals surface area contributed by atoms with E-state index in [2.05, 4.69) is 20.9 Å². The topological polar surface area (TPSA) is 68.4 Å². The van der Waals surface area contributed by atoms with Crippen LogP contribution in [-0.4, -0.2) is 30.1 Å². The van der Waals surface area contributed by atoms with Crippen LogP contribution in [0.3, 0.4) is 0 Å². The number of esters is 2. The maximum absolute atomic E-state index is 12.8. The molecular weight excluding hydrogens is 422 g/mol. The van der Waals surface area contributed by atoms with Crippen molar-refractivity contribution in [3.05, 3.63) is 70.3 Å². The molecule has 0 aliphatic rings. The van der Waals surface area contributed by atoms with Crippen molar-refractivity contribution >= 4 is 38.8 Å². The minimum absolute atomic E-state index is 0.190. The lowest BCUT2D eigenvalue weighted by Gasteiger charge is -2.25. The first-order valence-corrected chi connectivity index (χ1v) is 10.0. The van der Waals surface area contributed by atoms with E-state index in [0.717, 1.165) is 26.5 Å². The molecule has 1 aromatic heterocycles. The molecule has 0 spiro atoms. The molecule has 1 unspecified atom stereocenters. The molecule has 0 radical (unpaired) electrons. The summed E-state index contributed by atoms with van der Waals surface area (Å²) >= 11 is 3.44. The molecule has 0 fully saturated rings. The highest BCUT2D eigenvalue weighted by atomic mass is 79.9. The predicted molar refractivity (Wildman–Crippen MR) is 111 cm³/mol. The van der Waals surface area contributed by atoms with Crippen LogP contribution in [0, 0.1) is 5.92 Å². The number of H-pyrrole nitrogens is 1. The lowest BCUT2D eigenvalue weighted by atomic mass is 9.80. The highest BCUT2D eigenvalue weighted by molar-refractivity contribution is 9.10. The Labute approximate surface area is 172 Å². The van der Waals surface area contributed by atoms with Gasteiger partial charge in [0.25, 0.3) is 0 Å². The zero-order chi connectivity index (χ0) is 20.1. The molecule has 28 heavy (non-hydrogen) atoms. The molecule has 0 saturated carbocycles. The van der Waals surface area contributed by atoms with Crippen molar-refractivity contribution in [3.63, 3.8) is 0 Å². The fourth-order valence-corrected chi connectivity index (χ4v) is 3.67. The number of hydrogen-bond donors (Lipinski definition) is 1. The molecule has 2 aromatic carbocycles. The number of rotatable bonds is 7. The molecule has 0 saturated heterocycles. The van der Waals surface area contributed by atoms with Crippen molar-refractivity contribution < 1.29 is 19.1 Å². The SMILES string of the molecule is CCOC(=O)C(C(=O)OCC)C(c1ccc(Br)cc1)c1c[nH]c2ccccc12. The third-order valence-electron chi connectivity index (χ3n) is 4.60. The van der Waals surface area contributed by atoms with Gasteiger partial charge in [0.2, 0.25) is 0 Å². The monoisotopic (exact) mass is 443 g/mol.